The second-order valence-corrected chi connectivity index (χ2v) is 5.52. The van der Waals surface area contributed by atoms with Crippen molar-refractivity contribution in [1.29, 1.82) is 0 Å². The first-order valence-corrected chi connectivity index (χ1v) is 7.94. The fraction of sp³-hybridized carbons (Fsp3) is 0.444. The normalized spacial score (nSPS) is 10.7. The maximum absolute atomic E-state index is 11.0. The highest BCUT2D eigenvalue weighted by Gasteiger charge is 2.00. The molecule has 0 spiro atoms. The highest BCUT2D eigenvalue weighted by Crippen LogP contribution is 2.17. The molecule has 2 aromatic rings. The molecule has 1 aromatic carbocycles. The highest BCUT2D eigenvalue weighted by atomic mass is 16.1. The summed E-state index contributed by atoms with van der Waals surface area (Å²) in [7, 11) is 0. The lowest BCUT2D eigenvalue weighted by molar-refractivity contribution is 0.607. The van der Waals surface area contributed by atoms with Gasteiger partial charge in [-0.2, -0.15) is 5.10 Å². The predicted molar refractivity (Wildman–Crippen MR) is 87.4 cm³/mol. The summed E-state index contributed by atoms with van der Waals surface area (Å²) in [6.07, 6.45) is 9.12. The van der Waals surface area contributed by atoms with Crippen LogP contribution in [0.15, 0.2) is 41.2 Å². The van der Waals surface area contributed by atoms with Crippen LogP contribution in [0, 0.1) is 0 Å². The van der Waals surface area contributed by atoms with E-state index in [2.05, 4.69) is 41.4 Å². The summed E-state index contributed by atoms with van der Waals surface area (Å²) in [5.74, 6) is 0. The number of aromatic amines is 1. The van der Waals surface area contributed by atoms with Crippen molar-refractivity contribution in [2.45, 2.75) is 51.9 Å². The molecule has 0 bridgehead atoms. The lowest BCUT2D eigenvalue weighted by Gasteiger charge is -2.04. The van der Waals surface area contributed by atoms with Crippen LogP contribution in [0.5, 0.6) is 0 Å². The monoisotopic (exact) mass is 284 g/mol. The summed E-state index contributed by atoms with van der Waals surface area (Å²) in [5.41, 5.74) is 3.05. The van der Waals surface area contributed by atoms with E-state index in [4.69, 9.17) is 0 Å². The molecular weight excluding hydrogens is 260 g/mol. The number of nitrogens with one attached hydrogen (secondary N) is 1. The molecule has 2 rings (SSSR count). The van der Waals surface area contributed by atoms with E-state index in [1.54, 1.807) is 6.07 Å². The molecule has 0 saturated heterocycles. The summed E-state index contributed by atoms with van der Waals surface area (Å²) in [6.45, 7) is 2.25. The first-order chi connectivity index (χ1) is 10.3. The van der Waals surface area contributed by atoms with Crippen LogP contribution < -0.4 is 5.56 Å². The molecule has 1 heterocycles. The summed E-state index contributed by atoms with van der Waals surface area (Å²) in [4.78, 5) is 11.0. The number of H-pyrrole nitrogens is 1. The largest absolute Gasteiger partial charge is 0.268 e. The van der Waals surface area contributed by atoms with Crippen molar-refractivity contribution in [2.75, 3.05) is 0 Å². The van der Waals surface area contributed by atoms with Gasteiger partial charge in [-0.1, -0.05) is 63.3 Å². The van der Waals surface area contributed by atoms with E-state index < -0.39 is 0 Å². The summed E-state index contributed by atoms with van der Waals surface area (Å²) in [5, 5.41) is 6.51. The molecule has 0 saturated carbocycles. The molecule has 1 aromatic heterocycles. The standard InChI is InChI=1S/C18H24N2O/c1-2-3-4-5-6-7-8-15-9-11-16(12-10-15)17-13-14-18(21)20-19-17/h9-14H,2-8H2,1H3,(H,20,21). The van der Waals surface area contributed by atoms with Crippen molar-refractivity contribution >= 4 is 0 Å². The minimum Gasteiger partial charge on any atom is -0.268 e. The Balaban J connectivity index is 1.82. The molecule has 0 fully saturated rings. The zero-order valence-electron chi connectivity index (χ0n) is 12.8. The van der Waals surface area contributed by atoms with Crippen LogP contribution >= 0.6 is 0 Å². The Bertz CT molecular complexity index is 566. The van der Waals surface area contributed by atoms with Crippen LogP contribution in [0.1, 0.15) is 51.0 Å². The molecule has 0 atom stereocenters. The quantitative estimate of drug-likeness (QED) is 0.733. The van der Waals surface area contributed by atoms with Crippen molar-refractivity contribution in [2.24, 2.45) is 0 Å². The average Bonchev–Trinajstić information content (AvgIpc) is 2.52. The fourth-order valence-corrected chi connectivity index (χ4v) is 2.46. The smallest absolute Gasteiger partial charge is 0.264 e. The van der Waals surface area contributed by atoms with Gasteiger partial charge in [-0.3, -0.25) is 4.79 Å². The van der Waals surface area contributed by atoms with Gasteiger partial charge >= 0.3 is 0 Å². The second-order valence-electron chi connectivity index (χ2n) is 5.52. The SMILES string of the molecule is CCCCCCCCc1ccc(-c2ccc(=O)[nH]n2)cc1. The van der Waals surface area contributed by atoms with Crippen molar-refractivity contribution in [3.05, 3.63) is 52.3 Å². The summed E-state index contributed by atoms with van der Waals surface area (Å²) in [6, 6.07) is 11.7. The van der Waals surface area contributed by atoms with Gasteiger partial charge < -0.3 is 0 Å². The lowest BCUT2D eigenvalue weighted by Crippen LogP contribution is -2.05. The van der Waals surface area contributed by atoms with E-state index in [1.807, 2.05) is 0 Å². The molecular formula is C18H24N2O. The molecule has 0 unspecified atom stereocenters. The first-order valence-electron chi connectivity index (χ1n) is 7.94. The van der Waals surface area contributed by atoms with Crippen molar-refractivity contribution in [3.8, 4) is 11.3 Å². The second kappa shape index (κ2) is 8.40. The molecule has 0 aliphatic carbocycles. The van der Waals surface area contributed by atoms with Gasteiger partial charge in [0.05, 0.1) is 5.69 Å². The maximum atomic E-state index is 11.0. The molecule has 3 heteroatoms. The Labute approximate surface area is 126 Å². The third-order valence-corrected chi connectivity index (χ3v) is 3.75. The molecule has 0 aliphatic rings. The summed E-state index contributed by atoms with van der Waals surface area (Å²) < 4.78 is 0. The van der Waals surface area contributed by atoms with Gasteiger partial charge in [-0.05, 0) is 24.5 Å². The zero-order chi connectivity index (χ0) is 14.9. The molecule has 21 heavy (non-hydrogen) atoms. The summed E-state index contributed by atoms with van der Waals surface area (Å²) >= 11 is 0. The molecule has 0 radical (unpaired) electrons. The number of benzene rings is 1. The number of nitrogens with zero attached hydrogens (tertiary/aromatic N) is 1. The molecule has 1 N–H and O–H groups in total. The fourth-order valence-electron chi connectivity index (χ4n) is 2.46. The van der Waals surface area contributed by atoms with Gasteiger partial charge in [0.1, 0.15) is 0 Å². The van der Waals surface area contributed by atoms with E-state index in [-0.39, 0.29) is 5.56 Å². The Hall–Kier alpha value is -1.90. The van der Waals surface area contributed by atoms with Crippen molar-refractivity contribution in [3.63, 3.8) is 0 Å². The maximum Gasteiger partial charge on any atom is 0.264 e. The van der Waals surface area contributed by atoms with Gasteiger partial charge in [0.2, 0.25) is 0 Å². The van der Waals surface area contributed by atoms with Crippen LogP contribution in [-0.2, 0) is 6.42 Å². The van der Waals surface area contributed by atoms with Gasteiger partial charge in [0, 0.05) is 11.6 Å². The van der Waals surface area contributed by atoms with Crippen molar-refractivity contribution < 1.29 is 0 Å². The van der Waals surface area contributed by atoms with E-state index in [9.17, 15) is 4.79 Å². The molecule has 0 aliphatic heterocycles. The Kier molecular flexibility index (Phi) is 6.20. The van der Waals surface area contributed by atoms with Gasteiger partial charge in [0.15, 0.2) is 0 Å². The molecule has 3 nitrogen and oxygen atoms in total. The minimum absolute atomic E-state index is 0.168. The number of hydrogen-bond donors (Lipinski definition) is 1. The predicted octanol–water partition coefficient (Wildman–Crippen LogP) is 4.34. The van der Waals surface area contributed by atoms with Crippen LogP contribution in [0.3, 0.4) is 0 Å². The molecule has 112 valence electrons. The first kappa shape index (κ1) is 15.5. The molecule has 0 amide bonds. The highest BCUT2D eigenvalue weighted by molar-refractivity contribution is 5.58. The average molecular weight is 284 g/mol. The van der Waals surface area contributed by atoms with E-state index in [0.717, 1.165) is 17.7 Å². The van der Waals surface area contributed by atoms with Crippen LogP contribution in [-0.4, -0.2) is 10.2 Å². The topological polar surface area (TPSA) is 45.8 Å². The number of aryl methyl sites for hydroxylation is 1. The number of hydrogen-bond acceptors (Lipinski definition) is 2. The Morgan fingerprint density at radius 1 is 0.905 bits per heavy atom. The zero-order valence-corrected chi connectivity index (χ0v) is 12.8. The number of aromatic nitrogens is 2. The van der Waals surface area contributed by atoms with E-state index >= 15 is 0 Å². The van der Waals surface area contributed by atoms with Gasteiger partial charge in [-0.25, -0.2) is 5.10 Å². The Morgan fingerprint density at radius 2 is 1.62 bits per heavy atom. The van der Waals surface area contributed by atoms with Gasteiger partial charge in [0.25, 0.3) is 5.56 Å². The number of rotatable bonds is 8. The lowest BCUT2D eigenvalue weighted by atomic mass is 10.0. The number of unbranched alkanes of at least 4 members (excludes halogenated alkanes) is 5. The van der Waals surface area contributed by atoms with E-state index in [1.165, 1.54) is 50.2 Å². The third kappa shape index (κ3) is 5.18. The minimum atomic E-state index is -0.168. The van der Waals surface area contributed by atoms with Gasteiger partial charge in [-0.15, -0.1) is 0 Å². The van der Waals surface area contributed by atoms with Crippen LogP contribution in [0.4, 0.5) is 0 Å². The third-order valence-electron chi connectivity index (χ3n) is 3.75. The van der Waals surface area contributed by atoms with Crippen LogP contribution in [0.2, 0.25) is 0 Å². The Morgan fingerprint density at radius 3 is 2.29 bits per heavy atom. The van der Waals surface area contributed by atoms with Crippen LogP contribution in [0.25, 0.3) is 11.3 Å². The van der Waals surface area contributed by atoms with Crippen molar-refractivity contribution in [1.82, 2.24) is 10.2 Å². The van der Waals surface area contributed by atoms with E-state index in [0.29, 0.717) is 0 Å².